The summed E-state index contributed by atoms with van der Waals surface area (Å²) in [4.78, 5) is 18.7. The average Bonchev–Trinajstić information content (AvgIpc) is 3.19. The highest BCUT2D eigenvalue weighted by atomic mass is 32.1. The molecule has 4 rings (SSSR count). The lowest BCUT2D eigenvalue weighted by Gasteiger charge is -2.14. The Kier molecular flexibility index (Phi) is 4.13. The van der Waals surface area contributed by atoms with E-state index >= 15 is 0 Å². The van der Waals surface area contributed by atoms with Crippen molar-refractivity contribution in [3.63, 3.8) is 0 Å². The summed E-state index contributed by atoms with van der Waals surface area (Å²) in [7, 11) is 1.96. The molecular weight excluding hydrogens is 332 g/mol. The zero-order valence-electron chi connectivity index (χ0n) is 14.3. The third-order valence-electron chi connectivity index (χ3n) is 4.76. The molecule has 0 aliphatic heterocycles. The van der Waals surface area contributed by atoms with Crippen molar-refractivity contribution in [3.8, 4) is 11.3 Å². The van der Waals surface area contributed by atoms with Crippen LogP contribution in [0.4, 0.5) is 5.13 Å². The molecule has 0 fully saturated rings. The first-order valence-corrected chi connectivity index (χ1v) is 9.35. The van der Waals surface area contributed by atoms with E-state index in [1.54, 1.807) is 11.3 Å². The van der Waals surface area contributed by atoms with Gasteiger partial charge in [-0.15, -0.1) is 11.3 Å². The largest absolute Gasteiger partial charge is 0.301 e. The van der Waals surface area contributed by atoms with Crippen LogP contribution in [-0.2, 0) is 24.7 Å². The fraction of sp³-hybridized carbons (Fsp3) is 0.316. The normalized spacial score (nSPS) is 13.8. The predicted octanol–water partition coefficient (Wildman–Crippen LogP) is 3.77. The minimum Gasteiger partial charge on any atom is -0.301 e. The first-order chi connectivity index (χ1) is 12.2. The molecule has 0 radical (unpaired) electrons. The number of benzene rings is 1. The Balaban J connectivity index is 1.58. The molecule has 1 aliphatic carbocycles. The lowest BCUT2D eigenvalue weighted by molar-refractivity contribution is -0.117. The molecular formula is C19H20N4OS. The van der Waals surface area contributed by atoms with Crippen LogP contribution >= 0.6 is 11.3 Å². The van der Waals surface area contributed by atoms with E-state index in [0.29, 0.717) is 5.13 Å². The van der Waals surface area contributed by atoms with E-state index in [2.05, 4.69) is 15.4 Å². The number of rotatable bonds is 4. The summed E-state index contributed by atoms with van der Waals surface area (Å²) in [5, 5.41) is 8.05. The van der Waals surface area contributed by atoms with Crippen molar-refractivity contribution in [2.75, 3.05) is 5.32 Å². The monoisotopic (exact) mass is 352 g/mol. The van der Waals surface area contributed by atoms with Crippen molar-refractivity contribution in [2.45, 2.75) is 32.1 Å². The van der Waals surface area contributed by atoms with Gasteiger partial charge in [0.25, 0.3) is 0 Å². The fourth-order valence-corrected chi connectivity index (χ4v) is 4.40. The number of hydrogen-bond donors (Lipinski definition) is 1. The molecule has 3 aromatic rings. The SMILES string of the molecule is CC[C@@H](C(=O)Nc1nc2c(s1)CCc1c-2cnn1C)c1ccccc1. The van der Waals surface area contributed by atoms with E-state index in [0.717, 1.165) is 36.1 Å². The number of aryl methyl sites for hydroxylation is 2. The van der Waals surface area contributed by atoms with E-state index in [-0.39, 0.29) is 11.8 Å². The van der Waals surface area contributed by atoms with Crippen LogP contribution in [0.25, 0.3) is 11.3 Å². The summed E-state index contributed by atoms with van der Waals surface area (Å²) in [6.45, 7) is 2.03. The van der Waals surface area contributed by atoms with Gasteiger partial charge < -0.3 is 5.32 Å². The Bertz CT molecular complexity index is 913. The second-order valence-electron chi connectivity index (χ2n) is 6.28. The van der Waals surface area contributed by atoms with Gasteiger partial charge >= 0.3 is 0 Å². The maximum atomic E-state index is 12.7. The number of nitrogens with zero attached hydrogens (tertiary/aromatic N) is 3. The van der Waals surface area contributed by atoms with Crippen molar-refractivity contribution >= 4 is 22.4 Å². The average molecular weight is 352 g/mol. The summed E-state index contributed by atoms with van der Waals surface area (Å²) in [6.07, 6.45) is 4.55. The van der Waals surface area contributed by atoms with Crippen LogP contribution in [0.15, 0.2) is 36.5 Å². The highest BCUT2D eigenvalue weighted by molar-refractivity contribution is 7.16. The van der Waals surface area contributed by atoms with Crippen molar-refractivity contribution in [2.24, 2.45) is 7.05 Å². The van der Waals surface area contributed by atoms with Gasteiger partial charge in [0.2, 0.25) is 5.91 Å². The molecule has 0 spiro atoms. The molecule has 128 valence electrons. The molecule has 2 aromatic heterocycles. The molecule has 1 aliphatic rings. The third-order valence-corrected chi connectivity index (χ3v) is 5.79. The van der Waals surface area contributed by atoms with E-state index in [9.17, 15) is 4.79 Å². The molecule has 1 atom stereocenters. The Morgan fingerprint density at radius 3 is 2.88 bits per heavy atom. The molecule has 1 aromatic carbocycles. The highest BCUT2D eigenvalue weighted by Crippen LogP contribution is 2.38. The topological polar surface area (TPSA) is 59.8 Å². The van der Waals surface area contributed by atoms with Crippen molar-refractivity contribution in [3.05, 3.63) is 52.7 Å². The van der Waals surface area contributed by atoms with Crippen LogP contribution in [0.5, 0.6) is 0 Å². The van der Waals surface area contributed by atoms with Gasteiger partial charge in [0.15, 0.2) is 5.13 Å². The van der Waals surface area contributed by atoms with Gasteiger partial charge in [0, 0.05) is 23.2 Å². The standard InChI is InChI=1S/C19H20N4OS/c1-3-13(12-7-5-4-6-8-12)18(24)22-19-21-17-14-11-20-23(2)15(14)9-10-16(17)25-19/h4-8,11,13H,3,9-10H2,1-2H3,(H,21,22,24)/t13-/m1/s1. The van der Waals surface area contributed by atoms with Crippen LogP contribution < -0.4 is 5.32 Å². The number of amides is 1. The number of nitrogens with one attached hydrogen (secondary N) is 1. The molecule has 0 unspecified atom stereocenters. The van der Waals surface area contributed by atoms with Crippen LogP contribution in [0, 0.1) is 0 Å². The maximum absolute atomic E-state index is 12.7. The van der Waals surface area contributed by atoms with E-state index in [4.69, 9.17) is 0 Å². The van der Waals surface area contributed by atoms with E-state index in [1.165, 1.54) is 10.6 Å². The van der Waals surface area contributed by atoms with E-state index < -0.39 is 0 Å². The first-order valence-electron chi connectivity index (χ1n) is 8.54. The van der Waals surface area contributed by atoms with E-state index in [1.807, 2.05) is 55.2 Å². The number of anilines is 1. The van der Waals surface area contributed by atoms with Gasteiger partial charge in [-0.25, -0.2) is 4.98 Å². The zero-order valence-corrected chi connectivity index (χ0v) is 15.1. The fourth-order valence-electron chi connectivity index (χ4n) is 3.42. The molecule has 0 saturated heterocycles. The van der Waals surface area contributed by atoms with Gasteiger partial charge in [-0.1, -0.05) is 37.3 Å². The predicted molar refractivity (Wildman–Crippen MR) is 99.8 cm³/mol. The van der Waals surface area contributed by atoms with Crippen LogP contribution in [0.3, 0.4) is 0 Å². The van der Waals surface area contributed by atoms with Gasteiger partial charge in [-0.3, -0.25) is 9.48 Å². The highest BCUT2D eigenvalue weighted by Gasteiger charge is 2.25. The number of fused-ring (bicyclic) bond motifs is 3. The van der Waals surface area contributed by atoms with Crippen molar-refractivity contribution in [1.82, 2.24) is 14.8 Å². The molecule has 25 heavy (non-hydrogen) atoms. The van der Waals surface area contributed by atoms with Gasteiger partial charge in [-0.05, 0) is 24.8 Å². The Morgan fingerprint density at radius 1 is 1.32 bits per heavy atom. The van der Waals surface area contributed by atoms with Crippen molar-refractivity contribution < 1.29 is 4.79 Å². The molecule has 5 nitrogen and oxygen atoms in total. The smallest absolute Gasteiger partial charge is 0.233 e. The molecule has 0 saturated carbocycles. The summed E-state index contributed by atoms with van der Waals surface area (Å²) >= 11 is 1.58. The Morgan fingerprint density at radius 2 is 2.12 bits per heavy atom. The van der Waals surface area contributed by atoms with Gasteiger partial charge in [-0.2, -0.15) is 5.10 Å². The molecule has 1 N–H and O–H groups in total. The second-order valence-corrected chi connectivity index (χ2v) is 7.36. The minimum absolute atomic E-state index is 0.00575. The zero-order chi connectivity index (χ0) is 17.4. The number of aromatic nitrogens is 3. The Labute approximate surface area is 150 Å². The van der Waals surface area contributed by atoms with Crippen LogP contribution in [-0.4, -0.2) is 20.7 Å². The quantitative estimate of drug-likeness (QED) is 0.777. The molecule has 1 amide bonds. The summed E-state index contributed by atoms with van der Waals surface area (Å²) in [5.74, 6) is -0.151. The number of carbonyl (C=O) groups excluding carboxylic acids is 1. The van der Waals surface area contributed by atoms with Gasteiger partial charge in [0.1, 0.15) is 0 Å². The summed E-state index contributed by atoms with van der Waals surface area (Å²) < 4.78 is 1.92. The Hall–Kier alpha value is -2.47. The summed E-state index contributed by atoms with van der Waals surface area (Å²) in [6, 6.07) is 9.91. The first kappa shape index (κ1) is 16.0. The van der Waals surface area contributed by atoms with Gasteiger partial charge in [0.05, 0.1) is 17.8 Å². The molecule has 0 bridgehead atoms. The molecule has 6 heteroatoms. The van der Waals surface area contributed by atoms with Crippen LogP contribution in [0.1, 0.15) is 35.4 Å². The second kappa shape index (κ2) is 6.44. The minimum atomic E-state index is -0.156. The lowest BCUT2D eigenvalue weighted by Crippen LogP contribution is -2.20. The lowest BCUT2D eigenvalue weighted by atomic mass is 9.96. The maximum Gasteiger partial charge on any atom is 0.233 e. The number of thiazole rings is 1. The number of carbonyl (C=O) groups is 1. The van der Waals surface area contributed by atoms with Crippen molar-refractivity contribution in [1.29, 1.82) is 0 Å². The van der Waals surface area contributed by atoms with Crippen LogP contribution in [0.2, 0.25) is 0 Å². The molecule has 2 heterocycles. The third kappa shape index (κ3) is 2.87. The summed E-state index contributed by atoms with van der Waals surface area (Å²) in [5.41, 5.74) is 4.32. The number of hydrogen-bond acceptors (Lipinski definition) is 4.